The van der Waals surface area contributed by atoms with Crippen molar-refractivity contribution in [2.24, 2.45) is 16.6 Å². The Kier molecular flexibility index (Phi) is 7.50. The van der Waals surface area contributed by atoms with E-state index in [2.05, 4.69) is 45.5 Å². The zero-order chi connectivity index (χ0) is 21.7. The van der Waals surface area contributed by atoms with Crippen molar-refractivity contribution in [1.82, 2.24) is 14.9 Å². The molecule has 30 heavy (non-hydrogen) atoms. The van der Waals surface area contributed by atoms with Crippen molar-refractivity contribution in [3.63, 3.8) is 0 Å². The third kappa shape index (κ3) is 5.40. The van der Waals surface area contributed by atoms with E-state index in [1.54, 1.807) is 0 Å². The number of aromatic nitrogens is 2. The highest BCUT2D eigenvalue weighted by Gasteiger charge is 2.19. The molecule has 2 aromatic rings. The molecule has 0 amide bonds. The van der Waals surface area contributed by atoms with Crippen LogP contribution >= 0.6 is 12.6 Å². The first kappa shape index (κ1) is 22.3. The van der Waals surface area contributed by atoms with Crippen molar-refractivity contribution in [3.8, 4) is 11.4 Å². The SMILES string of the molecule is CC1CC=C(c2c(S)nc(-c3ccccc3C(N)=NCCCN(C)C)[nH]c2=O)CC1. The highest BCUT2D eigenvalue weighted by molar-refractivity contribution is 7.80. The molecular weight excluding hydrogens is 394 g/mol. The number of aromatic amines is 1. The average molecular weight is 426 g/mol. The smallest absolute Gasteiger partial charge is 0.259 e. The summed E-state index contributed by atoms with van der Waals surface area (Å²) < 4.78 is 0. The maximum Gasteiger partial charge on any atom is 0.259 e. The van der Waals surface area contributed by atoms with Crippen LogP contribution in [-0.4, -0.2) is 47.9 Å². The number of amidine groups is 1. The van der Waals surface area contributed by atoms with E-state index in [0.717, 1.165) is 48.9 Å². The van der Waals surface area contributed by atoms with Gasteiger partial charge < -0.3 is 15.6 Å². The number of benzene rings is 1. The van der Waals surface area contributed by atoms with E-state index < -0.39 is 0 Å². The van der Waals surface area contributed by atoms with Gasteiger partial charge in [-0.05, 0) is 57.8 Å². The molecule has 0 radical (unpaired) electrons. The molecule has 0 fully saturated rings. The lowest BCUT2D eigenvalue weighted by Crippen LogP contribution is -2.20. The van der Waals surface area contributed by atoms with E-state index in [9.17, 15) is 4.79 Å². The molecule has 0 spiro atoms. The molecule has 1 atom stereocenters. The molecule has 1 aromatic heterocycles. The van der Waals surface area contributed by atoms with Gasteiger partial charge in [0.05, 0.1) is 5.56 Å². The lowest BCUT2D eigenvalue weighted by Gasteiger charge is -2.19. The van der Waals surface area contributed by atoms with Crippen LogP contribution in [0, 0.1) is 5.92 Å². The van der Waals surface area contributed by atoms with Gasteiger partial charge in [-0.2, -0.15) is 0 Å². The second-order valence-corrected chi connectivity index (χ2v) is 8.62. The Bertz CT molecular complexity index is 1010. The van der Waals surface area contributed by atoms with Gasteiger partial charge in [-0.1, -0.05) is 37.3 Å². The van der Waals surface area contributed by atoms with Crippen LogP contribution in [0.5, 0.6) is 0 Å². The van der Waals surface area contributed by atoms with Crippen LogP contribution in [0.1, 0.15) is 43.7 Å². The van der Waals surface area contributed by atoms with Crippen LogP contribution in [0.3, 0.4) is 0 Å². The number of thiol groups is 1. The Morgan fingerprint density at radius 1 is 1.37 bits per heavy atom. The Morgan fingerprint density at radius 3 is 2.80 bits per heavy atom. The Labute approximate surface area is 183 Å². The maximum absolute atomic E-state index is 12.9. The summed E-state index contributed by atoms with van der Waals surface area (Å²) in [5.74, 6) is 1.55. The number of H-pyrrole nitrogens is 1. The molecule has 0 bridgehead atoms. The number of allylic oxidation sites excluding steroid dienone is 2. The third-order valence-electron chi connectivity index (χ3n) is 5.40. The fourth-order valence-electron chi connectivity index (χ4n) is 3.66. The summed E-state index contributed by atoms with van der Waals surface area (Å²) in [4.78, 5) is 27.1. The van der Waals surface area contributed by atoms with Gasteiger partial charge in [0.1, 0.15) is 16.7 Å². The lowest BCUT2D eigenvalue weighted by atomic mass is 9.88. The summed E-state index contributed by atoms with van der Waals surface area (Å²) in [5, 5.41) is 0.450. The minimum atomic E-state index is -0.165. The van der Waals surface area contributed by atoms with Crippen molar-refractivity contribution in [2.75, 3.05) is 27.2 Å². The predicted octanol–water partition coefficient (Wildman–Crippen LogP) is 3.59. The van der Waals surface area contributed by atoms with E-state index in [0.29, 0.717) is 34.7 Å². The second-order valence-electron chi connectivity index (χ2n) is 8.19. The quantitative estimate of drug-likeness (QED) is 0.208. The highest BCUT2D eigenvalue weighted by Crippen LogP contribution is 2.31. The van der Waals surface area contributed by atoms with E-state index >= 15 is 0 Å². The molecule has 7 heteroatoms. The Balaban J connectivity index is 1.92. The van der Waals surface area contributed by atoms with Gasteiger partial charge >= 0.3 is 0 Å². The van der Waals surface area contributed by atoms with Gasteiger partial charge in [0.2, 0.25) is 0 Å². The van der Waals surface area contributed by atoms with Gasteiger partial charge in [0, 0.05) is 17.7 Å². The van der Waals surface area contributed by atoms with Crippen molar-refractivity contribution < 1.29 is 0 Å². The van der Waals surface area contributed by atoms with E-state index in [4.69, 9.17) is 5.73 Å². The zero-order valence-electron chi connectivity index (χ0n) is 18.0. The van der Waals surface area contributed by atoms with Gasteiger partial charge in [-0.25, -0.2) is 4.98 Å². The molecule has 1 heterocycles. The monoisotopic (exact) mass is 425 g/mol. The fraction of sp³-hybridized carbons (Fsp3) is 0.435. The van der Waals surface area contributed by atoms with E-state index in [-0.39, 0.29) is 5.56 Å². The molecule has 160 valence electrons. The van der Waals surface area contributed by atoms with Crippen LogP contribution < -0.4 is 11.3 Å². The Hall–Kier alpha value is -2.38. The van der Waals surface area contributed by atoms with Crippen LogP contribution in [0.4, 0.5) is 0 Å². The first-order valence-electron chi connectivity index (χ1n) is 10.4. The standard InChI is InChI=1S/C23H31N5OS/c1-15-9-11-16(12-10-15)19-22(29)26-21(27-23(19)30)18-8-5-4-7-17(18)20(24)25-13-6-14-28(2)3/h4-5,7-8,11,15H,6,9-10,12-14H2,1-3H3,(H2,24,25)(H2,26,27,29,30). The molecule has 0 saturated heterocycles. The number of hydrogen-bond acceptors (Lipinski definition) is 5. The van der Waals surface area contributed by atoms with Crippen LogP contribution in [0.2, 0.25) is 0 Å². The lowest BCUT2D eigenvalue weighted by molar-refractivity contribution is 0.403. The first-order valence-corrected chi connectivity index (χ1v) is 10.9. The van der Waals surface area contributed by atoms with Gasteiger partial charge in [-0.15, -0.1) is 12.6 Å². The summed E-state index contributed by atoms with van der Waals surface area (Å²) in [6, 6.07) is 7.60. The zero-order valence-corrected chi connectivity index (χ0v) is 18.9. The number of nitrogens with one attached hydrogen (secondary N) is 1. The summed E-state index contributed by atoms with van der Waals surface area (Å²) in [6.45, 7) is 3.82. The van der Waals surface area contributed by atoms with Crippen LogP contribution in [0.25, 0.3) is 17.0 Å². The Morgan fingerprint density at radius 2 is 2.13 bits per heavy atom. The number of aliphatic imine (C=N–C) groups is 1. The summed E-state index contributed by atoms with van der Waals surface area (Å²) >= 11 is 4.56. The van der Waals surface area contributed by atoms with Crippen molar-refractivity contribution in [1.29, 1.82) is 0 Å². The van der Waals surface area contributed by atoms with Crippen LogP contribution in [-0.2, 0) is 0 Å². The first-order chi connectivity index (χ1) is 14.4. The van der Waals surface area contributed by atoms with Gasteiger partial charge in [0.25, 0.3) is 5.56 Å². The summed E-state index contributed by atoms with van der Waals surface area (Å²) in [5.41, 5.74) is 9.23. The molecule has 1 aliphatic rings. The third-order valence-corrected chi connectivity index (χ3v) is 5.72. The van der Waals surface area contributed by atoms with Crippen molar-refractivity contribution in [3.05, 3.63) is 51.8 Å². The minimum Gasteiger partial charge on any atom is -0.383 e. The number of rotatable bonds is 7. The topological polar surface area (TPSA) is 87.4 Å². The number of nitrogens with two attached hydrogens (primary N) is 1. The summed E-state index contributed by atoms with van der Waals surface area (Å²) in [6.07, 6.45) is 6.00. The van der Waals surface area contributed by atoms with Crippen LogP contribution in [0.15, 0.2) is 45.2 Å². The molecule has 1 aliphatic carbocycles. The molecule has 3 rings (SSSR count). The maximum atomic E-state index is 12.9. The van der Waals surface area contributed by atoms with Crippen molar-refractivity contribution >= 4 is 24.0 Å². The number of nitrogens with zero attached hydrogens (tertiary/aromatic N) is 3. The normalized spacial score (nSPS) is 17.3. The molecule has 0 aliphatic heterocycles. The van der Waals surface area contributed by atoms with Gasteiger partial charge in [0.15, 0.2) is 0 Å². The van der Waals surface area contributed by atoms with E-state index in [1.807, 2.05) is 38.4 Å². The van der Waals surface area contributed by atoms with Gasteiger partial charge in [-0.3, -0.25) is 9.79 Å². The van der Waals surface area contributed by atoms with E-state index in [1.165, 1.54) is 0 Å². The summed E-state index contributed by atoms with van der Waals surface area (Å²) in [7, 11) is 4.07. The molecule has 1 aromatic carbocycles. The molecular formula is C23H31N5OS. The second kappa shape index (κ2) is 10.1. The molecule has 0 saturated carbocycles. The molecule has 1 unspecified atom stereocenters. The minimum absolute atomic E-state index is 0.165. The van der Waals surface area contributed by atoms with Crippen molar-refractivity contribution in [2.45, 2.75) is 37.6 Å². The fourth-order valence-corrected chi connectivity index (χ4v) is 4.00. The largest absolute Gasteiger partial charge is 0.383 e. The predicted molar refractivity (Wildman–Crippen MR) is 127 cm³/mol. The molecule has 3 N–H and O–H groups in total. The average Bonchev–Trinajstić information content (AvgIpc) is 2.71. The number of hydrogen-bond donors (Lipinski definition) is 3. The molecule has 6 nitrogen and oxygen atoms in total. The highest BCUT2D eigenvalue weighted by atomic mass is 32.1.